The van der Waals surface area contributed by atoms with Crippen LogP contribution in [-0.4, -0.2) is 4.57 Å². The minimum absolute atomic E-state index is 1.09. The molecule has 0 spiro atoms. The molecule has 0 N–H and O–H groups in total. The topological polar surface area (TPSA) is 8.17 Å². The molecule has 1 aromatic heterocycles. The summed E-state index contributed by atoms with van der Waals surface area (Å²) in [5, 5.41) is 7.59. The molecule has 11 aromatic rings. The third-order valence-electron chi connectivity index (χ3n) is 11.6. The Hall–Kier alpha value is -7.68. The van der Waals surface area contributed by atoms with Crippen LogP contribution in [0.2, 0.25) is 0 Å². The van der Waals surface area contributed by atoms with Gasteiger partial charge in [-0.15, -0.1) is 0 Å². The Bertz CT molecular complexity index is 3230. The summed E-state index contributed by atoms with van der Waals surface area (Å²) in [6.07, 6.45) is 0. The van der Waals surface area contributed by atoms with E-state index >= 15 is 0 Å². The molecular weight excluding hydrogens is 701 g/mol. The first-order valence-corrected chi connectivity index (χ1v) is 19.9. The maximum atomic E-state index is 2.40. The lowest BCUT2D eigenvalue weighted by molar-refractivity contribution is 1.17. The van der Waals surface area contributed by atoms with Gasteiger partial charge >= 0.3 is 0 Å². The molecule has 0 fully saturated rings. The Kier molecular flexibility index (Phi) is 8.19. The summed E-state index contributed by atoms with van der Waals surface area (Å²) in [7, 11) is 0. The number of para-hydroxylation sites is 1. The molecule has 0 unspecified atom stereocenters. The average molecular weight is 739 g/mol. The smallest absolute Gasteiger partial charge is 0.0547 e. The molecule has 2 nitrogen and oxygen atoms in total. The molecule has 58 heavy (non-hydrogen) atoms. The zero-order chi connectivity index (χ0) is 38.4. The normalized spacial score (nSPS) is 11.4. The van der Waals surface area contributed by atoms with Crippen LogP contribution in [0.3, 0.4) is 0 Å². The number of benzene rings is 10. The van der Waals surface area contributed by atoms with Gasteiger partial charge in [0, 0.05) is 33.5 Å². The number of rotatable bonds is 7. The first-order valence-electron chi connectivity index (χ1n) is 19.9. The van der Waals surface area contributed by atoms with E-state index in [2.05, 4.69) is 240 Å². The summed E-state index contributed by atoms with van der Waals surface area (Å²) in [5.41, 5.74) is 14.1. The van der Waals surface area contributed by atoms with Crippen LogP contribution in [0.1, 0.15) is 0 Å². The Morgan fingerprint density at radius 3 is 1.38 bits per heavy atom. The molecular formula is C56H38N2. The molecule has 1 heterocycles. The van der Waals surface area contributed by atoms with E-state index in [0.717, 1.165) is 22.7 Å². The van der Waals surface area contributed by atoms with Gasteiger partial charge in [0.25, 0.3) is 0 Å². The average Bonchev–Trinajstić information content (AvgIpc) is 3.65. The number of hydrogen-bond donors (Lipinski definition) is 0. The molecule has 0 saturated heterocycles. The van der Waals surface area contributed by atoms with Gasteiger partial charge in [-0.2, -0.15) is 0 Å². The highest BCUT2D eigenvalue weighted by Gasteiger charge is 2.17. The first-order chi connectivity index (χ1) is 28.7. The van der Waals surface area contributed by atoms with Crippen molar-refractivity contribution in [2.24, 2.45) is 0 Å². The van der Waals surface area contributed by atoms with Crippen molar-refractivity contribution in [2.45, 2.75) is 0 Å². The van der Waals surface area contributed by atoms with E-state index in [0.29, 0.717) is 0 Å². The molecule has 0 amide bonds. The molecule has 0 radical (unpaired) electrons. The van der Waals surface area contributed by atoms with Gasteiger partial charge in [0.1, 0.15) is 0 Å². The second-order valence-electron chi connectivity index (χ2n) is 15.0. The zero-order valence-corrected chi connectivity index (χ0v) is 31.8. The van der Waals surface area contributed by atoms with Crippen LogP contribution in [0, 0.1) is 0 Å². The van der Waals surface area contributed by atoms with Crippen LogP contribution in [-0.2, 0) is 0 Å². The van der Waals surface area contributed by atoms with Gasteiger partial charge in [0.05, 0.1) is 11.0 Å². The van der Waals surface area contributed by atoms with Gasteiger partial charge in [0.15, 0.2) is 0 Å². The van der Waals surface area contributed by atoms with Crippen LogP contribution in [0.15, 0.2) is 231 Å². The lowest BCUT2D eigenvalue weighted by Crippen LogP contribution is -2.10. The molecule has 0 saturated carbocycles. The third kappa shape index (κ3) is 5.91. The number of nitrogens with zero attached hydrogens (tertiary/aromatic N) is 2. The summed E-state index contributed by atoms with van der Waals surface area (Å²) in [4.78, 5) is 2.36. The highest BCUT2D eigenvalue weighted by atomic mass is 15.1. The Morgan fingerprint density at radius 2 is 0.724 bits per heavy atom. The summed E-state index contributed by atoms with van der Waals surface area (Å²) in [6, 6.07) is 83.6. The predicted octanol–water partition coefficient (Wildman–Crippen LogP) is 15.6. The number of hydrogen-bond acceptors (Lipinski definition) is 1. The van der Waals surface area contributed by atoms with E-state index in [-0.39, 0.29) is 0 Å². The second kappa shape index (κ2) is 14.1. The molecule has 0 aliphatic rings. The zero-order valence-electron chi connectivity index (χ0n) is 31.8. The fourth-order valence-corrected chi connectivity index (χ4v) is 8.68. The van der Waals surface area contributed by atoms with E-state index in [1.165, 1.54) is 76.7 Å². The van der Waals surface area contributed by atoms with Crippen molar-refractivity contribution < 1.29 is 0 Å². The maximum absolute atomic E-state index is 2.40. The van der Waals surface area contributed by atoms with Gasteiger partial charge < -0.3 is 9.47 Å². The Morgan fingerprint density at radius 1 is 0.276 bits per heavy atom. The summed E-state index contributed by atoms with van der Waals surface area (Å²) in [5.74, 6) is 0. The standard InChI is InChI=1S/C56H38N2/c1-2-10-39(11-3-1)41-18-20-42(21-19-41)43-24-29-48(30-25-43)57(49-31-26-44(27-32-49)47-23-22-40-12-4-5-14-46(40)38-47)50-33-35-51(36-34-50)58-54-17-9-8-16-53(54)56-52-15-7-6-13-45(52)28-37-55(56)58/h1-38H. The van der Waals surface area contributed by atoms with Gasteiger partial charge in [-0.3, -0.25) is 0 Å². The maximum Gasteiger partial charge on any atom is 0.0547 e. The SMILES string of the molecule is c1ccc(-c2ccc(-c3ccc(N(c4ccc(-c5ccc6ccccc6c5)cc4)c4ccc(-n5c6ccccc6c6c7ccccc7ccc65)cc4)cc3)cc2)cc1. The van der Waals surface area contributed by atoms with E-state index in [1.807, 2.05) is 0 Å². The highest BCUT2D eigenvalue weighted by Crippen LogP contribution is 2.40. The van der Waals surface area contributed by atoms with E-state index < -0.39 is 0 Å². The lowest BCUT2D eigenvalue weighted by atomic mass is 10.00. The molecule has 11 rings (SSSR count). The van der Waals surface area contributed by atoms with Crippen molar-refractivity contribution in [1.82, 2.24) is 4.57 Å². The van der Waals surface area contributed by atoms with Crippen LogP contribution >= 0.6 is 0 Å². The third-order valence-corrected chi connectivity index (χ3v) is 11.6. The minimum Gasteiger partial charge on any atom is -0.311 e. The monoisotopic (exact) mass is 738 g/mol. The van der Waals surface area contributed by atoms with Crippen LogP contribution in [0.25, 0.3) is 82.4 Å². The molecule has 272 valence electrons. The number of anilines is 3. The quantitative estimate of drug-likeness (QED) is 0.158. The van der Waals surface area contributed by atoms with Gasteiger partial charge in [-0.05, 0) is 122 Å². The predicted molar refractivity (Wildman–Crippen MR) is 247 cm³/mol. The van der Waals surface area contributed by atoms with Crippen LogP contribution < -0.4 is 4.90 Å². The van der Waals surface area contributed by atoms with Crippen molar-refractivity contribution in [1.29, 1.82) is 0 Å². The van der Waals surface area contributed by atoms with Crippen molar-refractivity contribution in [3.8, 4) is 39.1 Å². The fraction of sp³-hybridized carbons (Fsp3) is 0. The van der Waals surface area contributed by atoms with Gasteiger partial charge in [0.2, 0.25) is 0 Å². The molecule has 2 heteroatoms. The summed E-state index contributed by atoms with van der Waals surface area (Å²) < 4.78 is 2.40. The van der Waals surface area contributed by atoms with Crippen molar-refractivity contribution in [2.75, 3.05) is 4.90 Å². The largest absolute Gasteiger partial charge is 0.311 e. The highest BCUT2D eigenvalue weighted by molar-refractivity contribution is 6.21. The van der Waals surface area contributed by atoms with E-state index in [1.54, 1.807) is 0 Å². The Labute approximate surface area is 338 Å². The lowest BCUT2D eigenvalue weighted by Gasteiger charge is -2.26. The van der Waals surface area contributed by atoms with Crippen LogP contribution in [0.5, 0.6) is 0 Å². The molecule has 0 atom stereocenters. The number of fused-ring (bicyclic) bond motifs is 6. The van der Waals surface area contributed by atoms with Crippen molar-refractivity contribution >= 4 is 60.4 Å². The fourth-order valence-electron chi connectivity index (χ4n) is 8.68. The molecule has 0 aliphatic heterocycles. The summed E-state index contributed by atoms with van der Waals surface area (Å²) in [6.45, 7) is 0. The summed E-state index contributed by atoms with van der Waals surface area (Å²) >= 11 is 0. The van der Waals surface area contributed by atoms with Crippen molar-refractivity contribution in [3.05, 3.63) is 231 Å². The van der Waals surface area contributed by atoms with Crippen molar-refractivity contribution in [3.63, 3.8) is 0 Å². The van der Waals surface area contributed by atoms with Crippen LogP contribution in [0.4, 0.5) is 17.1 Å². The van der Waals surface area contributed by atoms with E-state index in [9.17, 15) is 0 Å². The van der Waals surface area contributed by atoms with Gasteiger partial charge in [-0.25, -0.2) is 0 Å². The Balaban J connectivity index is 0.985. The second-order valence-corrected chi connectivity index (χ2v) is 15.0. The first kappa shape index (κ1) is 33.6. The molecule has 0 bridgehead atoms. The van der Waals surface area contributed by atoms with E-state index in [4.69, 9.17) is 0 Å². The van der Waals surface area contributed by atoms with Gasteiger partial charge in [-0.1, -0.05) is 164 Å². The molecule has 0 aliphatic carbocycles. The number of aromatic nitrogens is 1. The minimum atomic E-state index is 1.09. The molecule has 10 aromatic carbocycles.